The standard InChI is InChI=1S/C28H28N4O3/c1-31-26(20-10-14-22(34-2)15-11-20)24-25(29-31)28(33)32(27(24)19-6-4-3-5-7-19)21-12-8-18(9-13-21)23-16-17-35-30-23/h8-17,19,27H,3-7H2,1-2H3. The second-order valence-corrected chi connectivity index (χ2v) is 9.41. The van der Waals surface area contributed by atoms with Crippen molar-refractivity contribution in [3.63, 3.8) is 0 Å². The number of anilines is 1. The second-order valence-electron chi connectivity index (χ2n) is 9.41. The molecule has 0 N–H and O–H groups in total. The van der Waals surface area contributed by atoms with Gasteiger partial charge < -0.3 is 9.26 Å². The molecule has 35 heavy (non-hydrogen) atoms. The molecule has 1 fully saturated rings. The number of carbonyl (C=O) groups excluding carboxylic acids is 1. The van der Waals surface area contributed by atoms with E-state index in [9.17, 15) is 4.79 Å². The minimum Gasteiger partial charge on any atom is -0.497 e. The van der Waals surface area contributed by atoms with Gasteiger partial charge in [0.05, 0.1) is 18.8 Å². The van der Waals surface area contributed by atoms with Crippen molar-refractivity contribution in [2.45, 2.75) is 38.1 Å². The number of nitrogens with zero attached hydrogens (tertiary/aromatic N) is 4. The first-order chi connectivity index (χ1) is 17.2. The van der Waals surface area contributed by atoms with Gasteiger partial charge in [-0.3, -0.25) is 14.4 Å². The average Bonchev–Trinajstić information content (AvgIpc) is 3.61. The summed E-state index contributed by atoms with van der Waals surface area (Å²) in [6.07, 6.45) is 7.44. The Morgan fingerprint density at radius 1 is 0.943 bits per heavy atom. The normalized spacial score (nSPS) is 18.2. The fourth-order valence-corrected chi connectivity index (χ4v) is 5.77. The fourth-order valence-electron chi connectivity index (χ4n) is 5.77. The van der Waals surface area contributed by atoms with E-state index in [0.29, 0.717) is 11.6 Å². The number of rotatable bonds is 5. The summed E-state index contributed by atoms with van der Waals surface area (Å²) in [7, 11) is 3.60. The molecule has 7 nitrogen and oxygen atoms in total. The minimum atomic E-state index is -0.0403. The zero-order valence-corrected chi connectivity index (χ0v) is 20.0. The number of amides is 1. The molecular formula is C28H28N4O3. The lowest BCUT2D eigenvalue weighted by Gasteiger charge is -2.35. The number of fused-ring (bicyclic) bond motifs is 1. The first-order valence-corrected chi connectivity index (χ1v) is 12.2. The molecule has 1 aliphatic carbocycles. The zero-order valence-electron chi connectivity index (χ0n) is 20.0. The van der Waals surface area contributed by atoms with Crippen LogP contribution in [0.25, 0.3) is 22.5 Å². The van der Waals surface area contributed by atoms with Crippen LogP contribution < -0.4 is 9.64 Å². The summed E-state index contributed by atoms with van der Waals surface area (Å²) in [5, 5.41) is 8.77. The van der Waals surface area contributed by atoms with Crippen LogP contribution >= 0.6 is 0 Å². The lowest BCUT2D eigenvalue weighted by Crippen LogP contribution is -2.34. The quantitative estimate of drug-likeness (QED) is 0.357. The van der Waals surface area contributed by atoms with E-state index in [1.807, 2.05) is 71.2 Å². The Bertz CT molecular complexity index is 1330. The summed E-state index contributed by atoms with van der Waals surface area (Å²) in [6, 6.07) is 17.8. The molecule has 2 aromatic heterocycles. The van der Waals surface area contributed by atoms with E-state index in [4.69, 9.17) is 14.4 Å². The molecule has 1 saturated carbocycles. The van der Waals surface area contributed by atoms with Crippen LogP contribution in [0.3, 0.4) is 0 Å². The number of aryl methyl sites for hydroxylation is 1. The Morgan fingerprint density at radius 2 is 1.66 bits per heavy atom. The molecule has 2 aliphatic rings. The molecule has 7 heteroatoms. The van der Waals surface area contributed by atoms with Crippen molar-refractivity contribution in [3.8, 4) is 28.3 Å². The summed E-state index contributed by atoms with van der Waals surface area (Å²) >= 11 is 0. The van der Waals surface area contributed by atoms with Gasteiger partial charge in [0.15, 0.2) is 5.69 Å². The van der Waals surface area contributed by atoms with Crippen LogP contribution in [0, 0.1) is 5.92 Å². The summed E-state index contributed by atoms with van der Waals surface area (Å²) in [6.45, 7) is 0. The second kappa shape index (κ2) is 8.73. The monoisotopic (exact) mass is 468 g/mol. The SMILES string of the molecule is COc1ccc(-c2c3c(nn2C)C(=O)N(c2ccc(-c4ccon4)cc2)C3C2CCCCC2)cc1. The summed E-state index contributed by atoms with van der Waals surface area (Å²) in [5.41, 5.74) is 6.29. The summed E-state index contributed by atoms with van der Waals surface area (Å²) < 4.78 is 12.2. The zero-order chi connectivity index (χ0) is 23.9. The first-order valence-electron chi connectivity index (χ1n) is 12.2. The molecule has 1 atom stereocenters. The molecule has 0 bridgehead atoms. The molecule has 1 aliphatic heterocycles. The molecule has 1 unspecified atom stereocenters. The maximum absolute atomic E-state index is 13.9. The highest BCUT2D eigenvalue weighted by molar-refractivity contribution is 6.11. The highest BCUT2D eigenvalue weighted by Crippen LogP contribution is 2.49. The largest absolute Gasteiger partial charge is 0.497 e. The van der Waals surface area contributed by atoms with E-state index in [-0.39, 0.29) is 11.9 Å². The van der Waals surface area contributed by atoms with Crippen molar-refractivity contribution in [2.75, 3.05) is 12.0 Å². The van der Waals surface area contributed by atoms with Crippen LogP contribution in [0.5, 0.6) is 5.75 Å². The molecule has 0 spiro atoms. The maximum Gasteiger partial charge on any atom is 0.279 e. The third kappa shape index (κ3) is 3.62. The topological polar surface area (TPSA) is 73.4 Å². The lowest BCUT2D eigenvalue weighted by atomic mass is 9.80. The van der Waals surface area contributed by atoms with Crippen molar-refractivity contribution >= 4 is 11.6 Å². The molecular weight excluding hydrogens is 440 g/mol. The number of aromatic nitrogens is 3. The number of benzene rings is 2. The van der Waals surface area contributed by atoms with Gasteiger partial charge >= 0.3 is 0 Å². The van der Waals surface area contributed by atoms with Gasteiger partial charge in [0.25, 0.3) is 5.91 Å². The van der Waals surface area contributed by atoms with Crippen LogP contribution in [0.4, 0.5) is 5.69 Å². The third-order valence-corrected chi connectivity index (χ3v) is 7.42. The van der Waals surface area contributed by atoms with Gasteiger partial charge in [-0.1, -0.05) is 36.6 Å². The Kier molecular flexibility index (Phi) is 5.40. The third-order valence-electron chi connectivity index (χ3n) is 7.42. The fraction of sp³-hybridized carbons (Fsp3) is 0.321. The number of hydrogen-bond acceptors (Lipinski definition) is 5. The van der Waals surface area contributed by atoms with E-state index in [0.717, 1.165) is 52.4 Å². The van der Waals surface area contributed by atoms with Crippen molar-refractivity contribution in [1.29, 1.82) is 0 Å². The Balaban J connectivity index is 1.45. The van der Waals surface area contributed by atoms with E-state index >= 15 is 0 Å². The van der Waals surface area contributed by atoms with Crippen LogP contribution in [0.1, 0.15) is 54.2 Å². The number of hydrogen-bond donors (Lipinski definition) is 0. The van der Waals surface area contributed by atoms with Crippen molar-refractivity contribution in [3.05, 3.63) is 72.1 Å². The number of carbonyl (C=O) groups is 1. The highest BCUT2D eigenvalue weighted by atomic mass is 16.5. The van der Waals surface area contributed by atoms with Gasteiger partial charge in [0, 0.05) is 35.5 Å². The van der Waals surface area contributed by atoms with Crippen LogP contribution in [-0.2, 0) is 7.05 Å². The predicted octanol–water partition coefficient (Wildman–Crippen LogP) is 6.03. The molecule has 3 heterocycles. The van der Waals surface area contributed by atoms with Crippen molar-refractivity contribution in [1.82, 2.24) is 14.9 Å². The Morgan fingerprint density at radius 3 is 2.31 bits per heavy atom. The van der Waals surface area contributed by atoms with Gasteiger partial charge in [-0.2, -0.15) is 5.10 Å². The molecule has 2 aromatic carbocycles. The number of ether oxygens (including phenoxy) is 1. The van der Waals surface area contributed by atoms with E-state index in [2.05, 4.69) is 5.16 Å². The molecule has 0 saturated heterocycles. The minimum absolute atomic E-state index is 0.0277. The van der Waals surface area contributed by atoms with Gasteiger partial charge in [0.2, 0.25) is 0 Å². The molecule has 1 amide bonds. The Hall–Kier alpha value is -3.87. The van der Waals surface area contributed by atoms with Gasteiger partial charge in [-0.25, -0.2) is 0 Å². The molecule has 178 valence electrons. The van der Waals surface area contributed by atoms with Gasteiger partial charge in [-0.05, 0) is 55.2 Å². The molecule has 0 radical (unpaired) electrons. The van der Waals surface area contributed by atoms with E-state index < -0.39 is 0 Å². The summed E-state index contributed by atoms with van der Waals surface area (Å²) in [4.78, 5) is 15.8. The van der Waals surface area contributed by atoms with Crippen LogP contribution in [0.15, 0.2) is 65.4 Å². The van der Waals surface area contributed by atoms with E-state index in [1.54, 1.807) is 13.4 Å². The van der Waals surface area contributed by atoms with Crippen molar-refractivity contribution in [2.24, 2.45) is 13.0 Å². The maximum atomic E-state index is 13.9. The lowest BCUT2D eigenvalue weighted by molar-refractivity contribution is 0.0976. The predicted molar refractivity (Wildman–Crippen MR) is 133 cm³/mol. The first kappa shape index (κ1) is 21.6. The smallest absolute Gasteiger partial charge is 0.279 e. The van der Waals surface area contributed by atoms with Crippen molar-refractivity contribution < 1.29 is 14.1 Å². The summed E-state index contributed by atoms with van der Waals surface area (Å²) in [5.74, 6) is 1.17. The highest BCUT2D eigenvalue weighted by Gasteiger charge is 2.46. The van der Waals surface area contributed by atoms with Crippen LogP contribution in [-0.4, -0.2) is 28.0 Å². The molecule has 4 aromatic rings. The van der Waals surface area contributed by atoms with Crippen LogP contribution in [0.2, 0.25) is 0 Å². The average molecular weight is 469 g/mol. The van der Waals surface area contributed by atoms with E-state index in [1.165, 1.54) is 19.3 Å². The number of methoxy groups -OCH3 is 1. The molecule has 6 rings (SSSR count). The van der Waals surface area contributed by atoms with Gasteiger partial charge in [0.1, 0.15) is 17.7 Å². The van der Waals surface area contributed by atoms with Gasteiger partial charge in [-0.15, -0.1) is 0 Å². The Labute approximate surface area is 204 Å².